The molecule has 0 heterocycles. The van der Waals surface area contributed by atoms with E-state index in [-0.39, 0.29) is 0 Å². The highest BCUT2D eigenvalue weighted by Crippen LogP contribution is 2.22. The van der Waals surface area contributed by atoms with Gasteiger partial charge in [-0.2, -0.15) is 0 Å². The third kappa shape index (κ3) is 17.1. The van der Waals surface area contributed by atoms with Gasteiger partial charge in [-0.25, -0.2) is 0 Å². The maximum Gasteiger partial charge on any atom is 0.154 e. The zero-order valence-electron chi connectivity index (χ0n) is 18.2. The molecule has 0 saturated heterocycles. The Kier molecular flexibility index (Phi) is 16.1. The lowest BCUT2D eigenvalue weighted by molar-refractivity contribution is -0.103. The Bertz CT molecular complexity index is 277. The van der Waals surface area contributed by atoms with E-state index in [1.54, 1.807) is 0 Å². The van der Waals surface area contributed by atoms with Crippen molar-refractivity contribution in [3.63, 3.8) is 0 Å². The number of rotatable bonds is 17. The van der Waals surface area contributed by atoms with E-state index in [1.807, 2.05) is 6.92 Å². The molecule has 0 spiro atoms. The van der Waals surface area contributed by atoms with Crippen molar-refractivity contribution < 1.29 is 9.84 Å². The van der Waals surface area contributed by atoms with Crippen LogP contribution in [0.5, 0.6) is 0 Å². The number of hydrogen-bond donors (Lipinski definition) is 1. The summed E-state index contributed by atoms with van der Waals surface area (Å²) in [5.41, 5.74) is 0. The first kappa shape index (κ1) is 24.9. The van der Waals surface area contributed by atoms with Crippen LogP contribution in [0.1, 0.15) is 112 Å². The predicted molar refractivity (Wildman–Crippen MR) is 111 cm³/mol. The summed E-state index contributed by atoms with van der Waals surface area (Å²) in [6.45, 7) is 14.5. The predicted octanol–water partition coefficient (Wildman–Crippen LogP) is 7.20. The Labute approximate surface area is 159 Å². The number of ether oxygens (including phenoxy) is 1. The Morgan fingerprint density at radius 3 is 1.44 bits per heavy atom. The Balaban J connectivity index is 3.52. The van der Waals surface area contributed by atoms with Gasteiger partial charge in [0.2, 0.25) is 0 Å². The summed E-state index contributed by atoms with van der Waals surface area (Å²) in [4.78, 5) is 0. The van der Waals surface area contributed by atoms with Gasteiger partial charge in [0, 0.05) is 6.61 Å². The standard InChI is InChI=1S/C23H48O2/c1-7-23(24)25-18-17-22(6)16-10-15-21(5)14-9-13-20(4)12-8-11-19(2)3/h19-24H,7-18H2,1-6H3. The second-order valence-electron chi connectivity index (χ2n) is 9.02. The molecule has 0 radical (unpaired) electrons. The van der Waals surface area contributed by atoms with Crippen LogP contribution in [0.25, 0.3) is 0 Å². The van der Waals surface area contributed by atoms with Gasteiger partial charge in [0.05, 0.1) is 0 Å². The molecule has 0 aliphatic rings. The first-order chi connectivity index (χ1) is 11.8. The van der Waals surface area contributed by atoms with Crippen LogP contribution in [-0.2, 0) is 4.74 Å². The van der Waals surface area contributed by atoms with Crippen molar-refractivity contribution in [2.45, 2.75) is 118 Å². The molecule has 0 aliphatic heterocycles. The van der Waals surface area contributed by atoms with Crippen molar-refractivity contribution in [1.29, 1.82) is 0 Å². The molecule has 0 rings (SSSR count). The van der Waals surface area contributed by atoms with E-state index < -0.39 is 6.29 Å². The first-order valence-corrected chi connectivity index (χ1v) is 11.1. The molecule has 2 heteroatoms. The summed E-state index contributed by atoms with van der Waals surface area (Å²) in [7, 11) is 0. The minimum absolute atomic E-state index is 0.569. The molecule has 2 nitrogen and oxygen atoms in total. The molecule has 0 saturated carbocycles. The normalized spacial score (nSPS) is 16.8. The second-order valence-corrected chi connectivity index (χ2v) is 9.02. The third-order valence-corrected chi connectivity index (χ3v) is 5.54. The van der Waals surface area contributed by atoms with Gasteiger partial charge in [-0.1, -0.05) is 99.3 Å². The molecule has 1 N–H and O–H groups in total. The van der Waals surface area contributed by atoms with Gasteiger partial charge in [0.25, 0.3) is 0 Å². The minimum atomic E-state index is -0.569. The number of aliphatic hydroxyl groups excluding tert-OH is 1. The molecule has 0 aliphatic carbocycles. The van der Waals surface area contributed by atoms with Crippen LogP contribution >= 0.6 is 0 Å². The molecule has 4 atom stereocenters. The first-order valence-electron chi connectivity index (χ1n) is 11.1. The maximum atomic E-state index is 9.39. The van der Waals surface area contributed by atoms with Crippen molar-refractivity contribution in [2.24, 2.45) is 23.7 Å². The lowest BCUT2D eigenvalue weighted by Crippen LogP contribution is -2.13. The highest BCUT2D eigenvalue weighted by molar-refractivity contribution is 4.61. The smallest absolute Gasteiger partial charge is 0.154 e. The average molecular weight is 357 g/mol. The van der Waals surface area contributed by atoms with Crippen LogP contribution in [0.15, 0.2) is 0 Å². The van der Waals surface area contributed by atoms with Crippen LogP contribution in [-0.4, -0.2) is 18.0 Å². The van der Waals surface area contributed by atoms with Gasteiger partial charge in [0.1, 0.15) is 0 Å². The third-order valence-electron chi connectivity index (χ3n) is 5.54. The summed E-state index contributed by atoms with van der Waals surface area (Å²) < 4.78 is 5.36. The zero-order chi connectivity index (χ0) is 19.1. The highest BCUT2D eigenvalue weighted by Gasteiger charge is 2.09. The average Bonchev–Trinajstić information content (AvgIpc) is 2.54. The minimum Gasteiger partial charge on any atom is -0.368 e. The van der Waals surface area contributed by atoms with Crippen molar-refractivity contribution in [3.8, 4) is 0 Å². The largest absolute Gasteiger partial charge is 0.368 e. The van der Waals surface area contributed by atoms with Crippen LogP contribution in [0.2, 0.25) is 0 Å². The molecule has 4 unspecified atom stereocenters. The monoisotopic (exact) mass is 356 g/mol. The van der Waals surface area contributed by atoms with Crippen LogP contribution in [0, 0.1) is 23.7 Å². The van der Waals surface area contributed by atoms with E-state index in [2.05, 4.69) is 34.6 Å². The van der Waals surface area contributed by atoms with E-state index in [0.717, 1.165) is 24.2 Å². The van der Waals surface area contributed by atoms with Crippen molar-refractivity contribution in [2.75, 3.05) is 6.61 Å². The number of aliphatic hydroxyl groups is 1. The summed E-state index contributed by atoms with van der Waals surface area (Å²) in [5, 5.41) is 9.39. The molecule has 25 heavy (non-hydrogen) atoms. The fourth-order valence-electron chi connectivity index (χ4n) is 3.46. The molecule has 0 bridgehead atoms. The van der Waals surface area contributed by atoms with Gasteiger partial charge in [-0.05, 0) is 36.5 Å². The summed E-state index contributed by atoms with van der Waals surface area (Å²) in [6, 6.07) is 0. The van der Waals surface area contributed by atoms with E-state index in [4.69, 9.17) is 4.74 Å². The van der Waals surface area contributed by atoms with E-state index in [1.165, 1.54) is 57.8 Å². The molecule has 0 aromatic rings. The quantitative estimate of drug-likeness (QED) is 0.279. The molecule has 0 aromatic heterocycles. The van der Waals surface area contributed by atoms with Crippen molar-refractivity contribution in [1.82, 2.24) is 0 Å². The van der Waals surface area contributed by atoms with Gasteiger partial charge in [0.15, 0.2) is 6.29 Å². The van der Waals surface area contributed by atoms with Gasteiger partial charge < -0.3 is 9.84 Å². The van der Waals surface area contributed by atoms with E-state index in [9.17, 15) is 5.11 Å². The molecule has 0 fully saturated rings. The van der Waals surface area contributed by atoms with Crippen LogP contribution < -0.4 is 0 Å². The molecule has 0 aromatic carbocycles. The number of hydrogen-bond acceptors (Lipinski definition) is 2. The maximum absolute atomic E-state index is 9.39. The van der Waals surface area contributed by atoms with E-state index >= 15 is 0 Å². The summed E-state index contributed by atoms with van der Waals surface area (Å²) >= 11 is 0. The Hall–Kier alpha value is -0.0800. The fraction of sp³-hybridized carbons (Fsp3) is 1.00. The molecule has 0 amide bonds. The summed E-state index contributed by atoms with van der Waals surface area (Å²) in [6.07, 6.45) is 13.6. The molecular formula is C23H48O2. The van der Waals surface area contributed by atoms with Crippen molar-refractivity contribution >= 4 is 0 Å². The second kappa shape index (κ2) is 16.1. The van der Waals surface area contributed by atoms with Crippen LogP contribution in [0.3, 0.4) is 0 Å². The zero-order valence-corrected chi connectivity index (χ0v) is 18.2. The lowest BCUT2D eigenvalue weighted by Gasteiger charge is -2.17. The van der Waals surface area contributed by atoms with Gasteiger partial charge in [-0.3, -0.25) is 0 Å². The van der Waals surface area contributed by atoms with Gasteiger partial charge >= 0.3 is 0 Å². The Morgan fingerprint density at radius 2 is 1.04 bits per heavy atom. The highest BCUT2D eigenvalue weighted by atomic mass is 16.6. The van der Waals surface area contributed by atoms with Crippen LogP contribution in [0.4, 0.5) is 0 Å². The lowest BCUT2D eigenvalue weighted by atomic mass is 9.91. The van der Waals surface area contributed by atoms with E-state index in [0.29, 0.717) is 18.9 Å². The molecule has 152 valence electrons. The summed E-state index contributed by atoms with van der Waals surface area (Å²) in [5.74, 6) is 3.34. The Morgan fingerprint density at radius 1 is 0.640 bits per heavy atom. The molecular weight excluding hydrogens is 308 g/mol. The fourth-order valence-corrected chi connectivity index (χ4v) is 3.46. The van der Waals surface area contributed by atoms with Crippen molar-refractivity contribution in [3.05, 3.63) is 0 Å². The van der Waals surface area contributed by atoms with Gasteiger partial charge in [-0.15, -0.1) is 0 Å². The topological polar surface area (TPSA) is 29.5 Å². The SMILES string of the molecule is CCC(O)OCCC(C)CCCC(C)CCCC(C)CCCC(C)C.